The highest BCUT2D eigenvalue weighted by Gasteiger charge is 2.11. The highest BCUT2D eigenvalue weighted by molar-refractivity contribution is 6.31. The van der Waals surface area contributed by atoms with Gasteiger partial charge in [-0.15, -0.1) is 0 Å². The predicted molar refractivity (Wildman–Crippen MR) is 86.2 cm³/mol. The molecule has 4 aromatic rings. The third-order valence-electron chi connectivity index (χ3n) is 3.35. The molecular formula is C14H9ClN6O2. The van der Waals surface area contributed by atoms with Crippen LogP contribution in [0.5, 0.6) is 0 Å². The van der Waals surface area contributed by atoms with Crippen molar-refractivity contribution in [2.24, 2.45) is 0 Å². The quantitative estimate of drug-likeness (QED) is 0.442. The van der Waals surface area contributed by atoms with E-state index in [2.05, 4.69) is 20.4 Å². The van der Waals surface area contributed by atoms with Crippen LogP contribution >= 0.6 is 11.6 Å². The molecule has 0 aliphatic carbocycles. The van der Waals surface area contributed by atoms with Crippen LogP contribution < -0.4 is 5.32 Å². The van der Waals surface area contributed by atoms with E-state index in [-0.39, 0.29) is 5.69 Å². The minimum Gasteiger partial charge on any atom is -0.324 e. The molecule has 0 saturated carbocycles. The lowest BCUT2D eigenvalue weighted by Gasteiger charge is -2.01. The summed E-state index contributed by atoms with van der Waals surface area (Å²) in [5.74, 6) is 0.917. The van der Waals surface area contributed by atoms with Crippen molar-refractivity contribution in [3.63, 3.8) is 0 Å². The van der Waals surface area contributed by atoms with Crippen molar-refractivity contribution in [2.75, 3.05) is 5.32 Å². The van der Waals surface area contributed by atoms with Crippen LogP contribution in [0.25, 0.3) is 16.8 Å². The van der Waals surface area contributed by atoms with Crippen LogP contribution in [0.1, 0.15) is 0 Å². The summed E-state index contributed by atoms with van der Waals surface area (Å²) in [6.07, 6.45) is 0. The highest BCUT2D eigenvalue weighted by Crippen LogP contribution is 2.23. The Kier molecular flexibility index (Phi) is 2.91. The first-order valence-electron chi connectivity index (χ1n) is 6.65. The minimum atomic E-state index is -0.447. The first kappa shape index (κ1) is 13.5. The van der Waals surface area contributed by atoms with Gasteiger partial charge in [-0.25, -0.2) is 9.50 Å². The van der Waals surface area contributed by atoms with Crippen molar-refractivity contribution in [3.8, 4) is 0 Å². The van der Waals surface area contributed by atoms with Crippen LogP contribution in [-0.4, -0.2) is 24.5 Å². The third kappa shape index (κ3) is 2.34. The molecule has 114 valence electrons. The molecule has 2 heterocycles. The summed E-state index contributed by atoms with van der Waals surface area (Å²) < 4.78 is 1.71. The summed E-state index contributed by atoms with van der Waals surface area (Å²) in [5, 5.41) is 17.5. The summed E-state index contributed by atoms with van der Waals surface area (Å²) in [4.78, 5) is 19.1. The Morgan fingerprint density at radius 2 is 2.09 bits per heavy atom. The molecule has 4 rings (SSSR count). The number of aromatic nitrogens is 4. The summed E-state index contributed by atoms with van der Waals surface area (Å²) in [5.41, 5.74) is 2.14. The van der Waals surface area contributed by atoms with E-state index in [9.17, 15) is 10.1 Å². The standard InChI is InChI=1S/C14H9ClN6O2/c15-8-4-5-12-11(6-8)17-14-18-13(19-20(12)14)16-9-2-1-3-10(7-9)21(22)23/h1-7H,(H2,16,17,18,19). The molecule has 23 heavy (non-hydrogen) atoms. The van der Waals surface area contributed by atoms with Crippen molar-refractivity contribution < 1.29 is 4.92 Å². The van der Waals surface area contributed by atoms with E-state index < -0.39 is 4.92 Å². The normalized spacial score (nSPS) is 11.2. The van der Waals surface area contributed by atoms with Gasteiger partial charge in [0.1, 0.15) is 0 Å². The molecule has 0 fully saturated rings. The number of nitro benzene ring substituents is 1. The maximum absolute atomic E-state index is 10.8. The summed E-state index contributed by atoms with van der Waals surface area (Å²) in [6, 6.07) is 11.6. The zero-order valence-electron chi connectivity index (χ0n) is 11.5. The van der Waals surface area contributed by atoms with E-state index >= 15 is 0 Å². The van der Waals surface area contributed by atoms with Gasteiger partial charge in [0.25, 0.3) is 11.5 Å². The second kappa shape index (κ2) is 4.96. The van der Waals surface area contributed by atoms with Crippen molar-refractivity contribution in [1.82, 2.24) is 19.6 Å². The van der Waals surface area contributed by atoms with Crippen molar-refractivity contribution >= 4 is 45.7 Å². The summed E-state index contributed by atoms with van der Waals surface area (Å²) in [7, 11) is 0. The number of halogens is 1. The second-order valence-corrected chi connectivity index (χ2v) is 5.32. The van der Waals surface area contributed by atoms with E-state index in [1.807, 2.05) is 6.07 Å². The Hall–Kier alpha value is -3.13. The molecule has 2 aromatic heterocycles. The summed E-state index contributed by atoms with van der Waals surface area (Å²) in [6.45, 7) is 0. The molecular weight excluding hydrogens is 320 g/mol. The number of imidazole rings is 1. The fourth-order valence-electron chi connectivity index (χ4n) is 2.35. The highest BCUT2D eigenvalue weighted by atomic mass is 35.5. The molecule has 0 aliphatic heterocycles. The number of hydrogen-bond donors (Lipinski definition) is 2. The first-order valence-corrected chi connectivity index (χ1v) is 7.03. The number of nitrogens with zero attached hydrogens (tertiary/aromatic N) is 4. The van der Waals surface area contributed by atoms with Gasteiger partial charge in [-0.05, 0) is 24.3 Å². The number of hydrogen-bond acceptors (Lipinski definition) is 5. The van der Waals surface area contributed by atoms with E-state index in [0.29, 0.717) is 22.4 Å². The van der Waals surface area contributed by atoms with Gasteiger partial charge in [0.05, 0.1) is 16.0 Å². The smallest absolute Gasteiger partial charge is 0.271 e. The summed E-state index contributed by atoms with van der Waals surface area (Å²) >= 11 is 5.94. The SMILES string of the molecule is O=[N+]([O-])c1cccc(Nc2nc3nc4cc(Cl)ccc4n3[nH]2)c1. The molecule has 0 unspecified atom stereocenters. The van der Waals surface area contributed by atoms with Gasteiger partial charge in [0.15, 0.2) is 0 Å². The molecule has 0 amide bonds. The lowest BCUT2D eigenvalue weighted by atomic mass is 10.3. The first-order chi connectivity index (χ1) is 11.1. The molecule has 0 spiro atoms. The maximum atomic E-state index is 10.8. The fourth-order valence-corrected chi connectivity index (χ4v) is 2.51. The minimum absolute atomic E-state index is 0.00595. The number of rotatable bonds is 3. The molecule has 2 N–H and O–H groups in total. The van der Waals surface area contributed by atoms with Crippen LogP contribution in [0.3, 0.4) is 0 Å². The molecule has 9 heteroatoms. The maximum Gasteiger partial charge on any atom is 0.271 e. The largest absolute Gasteiger partial charge is 0.324 e. The van der Waals surface area contributed by atoms with Crippen molar-refractivity contribution in [2.45, 2.75) is 0 Å². The van der Waals surface area contributed by atoms with Gasteiger partial charge < -0.3 is 5.32 Å². The molecule has 2 aromatic carbocycles. The Morgan fingerprint density at radius 3 is 2.91 bits per heavy atom. The van der Waals surface area contributed by atoms with E-state index in [1.165, 1.54) is 12.1 Å². The van der Waals surface area contributed by atoms with E-state index in [4.69, 9.17) is 11.6 Å². The lowest BCUT2D eigenvalue weighted by molar-refractivity contribution is -0.384. The Balaban J connectivity index is 1.72. The average molecular weight is 329 g/mol. The Morgan fingerprint density at radius 1 is 1.22 bits per heavy atom. The molecule has 0 radical (unpaired) electrons. The molecule has 8 nitrogen and oxygen atoms in total. The number of non-ortho nitro benzene ring substituents is 1. The van der Waals surface area contributed by atoms with E-state index in [1.54, 1.807) is 28.8 Å². The van der Waals surface area contributed by atoms with E-state index in [0.717, 1.165) is 11.0 Å². The number of H-pyrrole nitrogens is 1. The molecule has 0 bridgehead atoms. The van der Waals surface area contributed by atoms with Gasteiger partial charge in [0, 0.05) is 22.8 Å². The lowest BCUT2D eigenvalue weighted by Crippen LogP contribution is -1.95. The number of benzene rings is 2. The number of nitrogens with one attached hydrogen (secondary N) is 2. The van der Waals surface area contributed by atoms with Crippen LogP contribution in [0.4, 0.5) is 17.3 Å². The predicted octanol–water partition coefficient (Wildman–Crippen LogP) is 3.52. The third-order valence-corrected chi connectivity index (χ3v) is 3.58. The monoisotopic (exact) mass is 328 g/mol. The fraction of sp³-hybridized carbons (Fsp3) is 0. The zero-order chi connectivity index (χ0) is 16.0. The number of anilines is 2. The van der Waals surface area contributed by atoms with Crippen molar-refractivity contribution in [3.05, 3.63) is 57.6 Å². The molecule has 0 saturated heterocycles. The van der Waals surface area contributed by atoms with Gasteiger partial charge >= 0.3 is 0 Å². The number of aromatic amines is 1. The second-order valence-electron chi connectivity index (χ2n) is 4.88. The topological polar surface area (TPSA) is 101 Å². The molecule has 0 aliphatic rings. The van der Waals surface area contributed by atoms with Gasteiger partial charge in [-0.1, -0.05) is 17.7 Å². The van der Waals surface area contributed by atoms with Gasteiger partial charge in [-0.3, -0.25) is 15.2 Å². The number of nitro groups is 1. The average Bonchev–Trinajstić information content (AvgIpc) is 3.03. The Labute approximate surface area is 133 Å². The van der Waals surface area contributed by atoms with Crippen LogP contribution in [0.2, 0.25) is 5.02 Å². The van der Waals surface area contributed by atoms with Crippen LogP contribution in [0, 0.1) is 10.1 Å². The zero-order valence-corrected chi connectivity index (χ0v) is 12.3. The van der Waals surface area contributed by atoms with Crippen molar-refractivity contribution in [1.29, 1.82) is 0 Å². The van der Waals surface area contributed by atoms with Crippen LogP contribution in [0.15, 0.2) is 42.5 Å². The van der Waals surface area contributed by atoms with Gasteiger partial charge in [-0.2, -0.15) is 4.98 Å². The number of fused-ring (bicyclic) bond motifs is 3. The Bertz CT molecular complexity index is 1050. The molecule has 0 atom stereocenters. The van der Waals surface area contributed by atoms with Crippen LogP contribution in [-0.2, 0) is 0 Å². The van der Waals surface area contributed by atoms with Gasteiger partial charge in [0.2, 0.25) is 5.95 Å².